The van der Waals surface area contributed by atoms with Crippen LogP contribution >= 0.6 is 0 Å². The fraction of sp³-hybridized carbons (Fsp3) is 0.471. The second-order valence-electron chi connectivity index (χ2n) is 7.09. The summed E-state index contributed by atoms with van der Waals surface area (Å²) in [5, 5.41) is 6.72. The first-order valence-corrected chi connectivity index (χ1v) is 7.93. The fourth-order valence-corrected chi connectivity index (χ4v) is 3.35. The highest BCUT2D eigenvalue weighted by atomic mass is 16.2. The molecule has 2 aromatic rings. The smallest absolute Gasteiger partial charge is 0.256 e. The molecule has 1 aliphatic heterocycles. The molecule has 1 aliphatic rings. The van der Waals surface area contributed by atoms with E-state index in [4.69, 9.17) is 5.73 Å². The maximum absolute atomic E-state index is 12.6. The maximum Gasteiger partial charge on any atom is 0.256 e. The van der Waals surface area contributed by atoms with E-state index < -0.39 is 0 Å². The molecule has 3 heterocycles. The number of hydrogen-bond acceptors (Lipinski definition) is 4. The average molecular weight is 313 g/mol. The zero-order valence-corrected chi connectivity index (χ0v) is 13.8. The fourth-order valence-electron chi connectivity index (χ4n) is 3.35. The topological polar surface area (TPSA) is 87.9 Å². The first kappa shape index (κ1) is 15.7. The number of hydrogen-bond donors (Lipinski definition) is 2. The van der Waals surface area contributed by atoms with Crippen molar-refractivity contribution in [1.29, 1.82) is 0 Å². The van der Waals surface area contributed by atoms with Crippen LogP contribution in [-0.4, -0.2) is 38.1 Å². The van der Waals surface area contributed by atoms with Crippen molar-refractivity contribution in [3.63, 3.8) is 0 Å². The first-order valence-electron chi connectivity index (χ1n) is 7.93. The van der Waals surface area contributed by atoms with E-state index in [1.807, 2.05) is 19.1 Å². The molecule has 0 fully saturated rings. The number of nitrogens with two attached hydrogens (primary N) is 1. The molecule has 0 unspecified atom stereocenters. The van der Waals surface area contributed by atoms with Crippen LogP contribution in [0, 0.1) is 5.92 Å². The Morgan fingerprint density at radius 1 is 1.43 bits per heavy atom. The summed E-state index contributed by atoms with van der Waals surface area (Å²) in [4.78, 5) is 19.0. The van der Waals surface area contributed by atoms with Gasteiger partial charge in [0.05, 0.1) is 29.7 Å². The Labute approximate surface area is 136 Å². The van der Waals surface area contributed by atoms with E-state index in [9.17, 15) is 4.79 Å². The van der Waals surface area contributed by atoms with Crippen LogP contribution < -0.4 is 5.73 Å². The molecule has 6 nitrogen and oxygen atoms in total. The van der Waals surface area contributed by atoms with Crippen LogP contribution in [0.4, 0.5) is 0 Å². The van der Waals surface area contributed by atoms with Gasteiger partial charge < -0.3 is 10.6 Å². The number of nitrogens with one attached hydrogen (secondary N) is 1. The van der Waals surface area contributed by atoms with E-state index in [-0.39, 0.29) is 11.4 Å². The number of carbonyl (C=O) groups excluding carboxylic acids is 1. The number of amides is 1. The summed E-state index contributed by atoms with van der Waals surface area (Å²) >= 11 is 0. The second kappa shape index (κ2) is 5.77. The highest BCUT2D eigenvalue weighted by molar-refractivity contribution is 5.98. The molecule has 2 aromatic heterocycles. The number of carbonyl (C=O) groups is 1. The van der Waals surface area contributed by atoms with Gasteiger partial charge in [-0.3, -0.25) is 9.89 Å². The van der Waals surface area contributed by atoms with Crippen LogP contribution in [-0.2, 0) is 6.54 Å². The lowest BCUT2D eigenvalue weighted by molar-refractivity contribution is 0.0733. The van der Waals surface area contributed by atoms with Gasteiger partial charge in [-0.05, 0) is 31.4 Å². The SMILES string of the molecule is CC(C)C[C@@](C)(N)CN1Cc2nc(-c3cn[nH]c3)ccc2C1=O. The second-order valence-corrected chi connectivity index (χ2v) is 7.09. The Morgan fingerprint density at radius 2 is 2.22 bits per heavy atom. The van der Waals surface area contributed by atoms with Crippen LogP contribution in [0.3, 0.4) is 0 Å². The van der Waals surface area contributed by atoms with E-state index in [0.29, 0.717) is 24.6 Å². The number of nitrogens with zero attached hydrogens (tertiary/aromatic N) is 3. The summed E-state index contributed by atoms with van der Waals surface area (Å²) in [7, 11) is 0. The quantitative estimate of drug-likeness (QED) is 0.885. The molecular weight excluding hydrogens is 290 g/mol. The Balaban J connectivity index is 1.79. The molecule has 0 saturated carbocycles. The third kappa shape index (κ3) is 3.27. The van der Waals surface area contributed by atoms with Crippen molar-refractivity contribution in [3.05, 3.63) is 35.8 Å². The van der Waals surface area contributed by atoms with Gasteiger partial charge in [0.15, 0.2) is 0 Å². The van der Waals surface area contributed by atoms with Gasteiger partial charge in [0.25, 0.3) is 5.91 Å². The minimum atomic E-state index is -0.390. The van der Waals surface area contributed by atoms with Gasteiger partial charge >= 0.3 is 0 Å². The Kier molecular flexibility index (Phi) is 3.93. The van der Waals surface area contributed by atoms with E-state index in [0.717, 1.165) is 23.4 Å². The van der Waals surface area contributed by atoms with Crippen molar-refractivity contribution in [3.8, 4) is 11.3 Å². The monoisotopic (exact) mass is 313 g/mol. The molecule has 0 saturated heterocycles. The lowest BCUT2D eigenvalue weighted by atomic mass is 9.91. The third-order valence-electron chi connectivity index (χ3n) is 4.05. The number of fused-ring (bicyclic) bond motifs is 1. The van der Waals surface area contributed by atoms with Crippen molar-refractivity contribution in [2.75, 3.05) is 6.54 Å². The maximum atomic E-state index is 12.6. The molecule has 23 heavy (non-hydrogen) atoms. The average Bonchev–Trinajstić information content (AvgIpc) is 3.06. The summed E-state index contributed by atoms with van der Waals surface area (Å²) in [5.41, 5.74) is 9.22. The number of pyridine rings is 1. The molecule has 3 rings (SSSR count). The van der Waals surface area contributed by atoms with Gasteiger partial charge in [-0.1, -0.05) is 13.8 Å². The standard InChI is InChI=1S/C17H23N5O/c1-11(2)6-17(3,18)10-22-9-15-13(16(22)23)4-5-14(21-15)12-7-19-20-8-12/h4-5,7-8,11H,6,9-10,18H2,1-3H3,(H,19,20)/t17-/m1/s1. The zero-order valence-electron chi connectivity index (χ0n) is 13.8. The number of rotatable bonds is 5. The molecule has 3 N–H and O–H groups in total. The van der Waals surface area contributed by atoms with Crippen molar-refractivity contribution in [2.24, 2.45) is 11.7 Å². The third-order valence-corrected chi connectivity index (χ3v) is 4.05. The Hall–Kier alpha value is -2.21. The predicted octanol–water partition coefficient (Wildman–Crippen LogP) is 2.19. The summed E-state index contributed by atoms with van der Waals surface area (Å²) in [6, 6.07) is 3.71. The van der Waals surface area contributed by atoms with Crippen LogP contribution in [0.1, 0.15) is 43.2 Å². The normalized spacial score (nSPS) is 16.7. The Morgan fingerprint density at radius 3 is 2.87 bits per heavy atom. The van der Waals surface area contributed by atoms with Gasteiger partial charge in [-0.15, -0.1) is 0 Å². The largest absolute Gasteiger partial charge is 0.331 e. The summed E-state index contributed by atoms with van der Waals surface area (Å²) < 4.78 is 0. The van der Waals surface area contributed by atoms with Crippen molar-refractivity contribution in [2.45, 2.75) is 39.3 Å². The molecule has 1 amide bonds. The van der Waals surface area contributed by atoms with Crippen LogP contribution in [0.2, 0.25) is 0 Å². The van der Waals surface area contributed by atoms with Crippen LogP contribution in [0.25, 0.3) is 11.3 Å². The zero-order chi connectivity index (χ0) is 16.6. The van der Waals surface area contributed by atoms with Gasteiger partial charge in [0, 0.05) is 23.8 Å². The molecule has 1 atom stereocenters. The number of H-pyrrole nitrogens is 1. The van der Waals surface area contributed by atoms with Crippen molar-refractivity contribution < 1.29 is 4.79 Å². The molecule has 0 radical (unpaired) electrons. The predicted molar refractivity (Wildman–Crippen MR) is 88.6 cm³/mol. The molecule has 0 aromatic carbocycles. The highest BCUT2D eigenvalue weighted by Gasteiger charge is 2.33. The van der Waals surface area contributed by atoms with Crippen LogP contribution in [0.15, 0.2) is 24.5 Å². The highest BCUT2D eigenvalue weighted by Crippen LogP contribution is 2.27. The number of aromatic nitrogens is 3. The van der Waals surface area contributed by atoms with Gasteiger partial charge in [0.2, 0.25) is 0 Å². The van der Waals surface area contributed by atoms with Crippen LogP contribution in [0.5, 0.6) is 0 Å². The minimum absolute atomic E-state index is 0.0201. The lowest BCUT2D eigenvalue weighted by Crippen LogP contribution is -2.48. The minimum Gasteiger partial charge on any atom is -0.331 e. The molecule has 0 aliphatic carbocycles. The van der Waals surface area contributed by atoms with E-state index >= 15 is 0 Å². The molecular formula is C17H23N5O. The van der Waals surface area contributed by atoms with E-state index in [1.165, 1.54) is 0 Å². The van der Waals surface area contributed by atoms with Gasteiger partial charge in [-0.25, -0.2) is 4.98 Å². The summed E-state index contributed by atoms with van der Waals surface area (Å²) in [5.74, 6) is 0.516. The molecule has 0 bridgehead atoms. The first-order chi connectivity index (χ1) is 10.9. The molecule has 122 valence electrons. The molecule has 6 heteroatoms. The van der Waals surface area contributed by atoms with Gasteiger partial charge in [-0.2, -0.15) is 5.10 Å². The number of aromatic amines is 1. The van der Waals surface area contributed by atoms with E-state index in [1.54, 1.807) is 17.3 Å². The summed E-state index contributed by atoms with van der Waals surface area (Å²) in [6.07, 6.45) is 4.40. The van der Waals surface area contributed by atoms with Crippen molar-refractivity contribution >= 4 is 5.91 Å². The molecule has 0 spiro atoms. The lowest BCUT2D eigenvalue weighted by Gasteiger charge is -2.31. The Bertz CT molecular complexity index is 706. The van der Waals surface area contributed by atoms with E-state index in [2.05, 4.69) is 29.0 Å². The summed E-state index contributed by atoms with van der Waals surface area (Å²) in [6.45, 7) is 7.36. The van der Waals surface area contributed by atoms with Gasteiger partial charge in [0.1, 0.15) is 0 Å². The van der Waals surface area contributed by atoms with Crippen molar-refractivity contribution in [1.82, 2.24) is 20.1 Å².